The summed E-state index contributed by atoms with van der Waals surface area (Å²) in [6.45, 7) is 4.78. The lowest BCUT2D eigenvalue weighted by molar-refractivity contribution is -0.0181. The molecule has 2 aromatic heterocycles. The minimum atomic E-state index is 0.0445. The first-order chi connectivity index (χ1) is 11.8. The van der Waals surface area contributed by atoms with E-state index in [4.69, 9.17) is 4.74 Å². The van der Waals surface area contributed by atoms with E-state index in [9.17, 15) is 0 Å². The number of benzene rings is 1. The number of aryl methyl sites for hydroxylation is 1. The second-order valence-electron chi connectivity index (χ2n) is 6.24. The smallest absolute Gasteiger partial charge is 0.139 e. The molecule has 0 bridgehead atoms. The van der Waals surface area contributed by atoms with Gasteiger partial charge in [0.15, 0.2) is 0 Å². The highest BCUT2D eigenvalue weighted by Crippen LogP contribution is 2.29. The molecule has 0 amide bonds. The fourth-order valence-electron chi connectivity index (χ4n) is 3.45. The highest BCUT2D eigenvalue weighted by Gasteiger charge is 2.30. The van der Waals surface area contributed by atoms with Crippen LogP contribution in [-0.4, -0.2) is 22.2 Å². The van der Waals surface area contributed by atoms with E-state index in [2.05, 4.69) is 52.1 Å². The fourth-order valence-corrected chi connectivity index (χ4v) is 4.46. The molecule has 1 aliphatic heterocycles. The lowest BCUT2D eigenvalue weighted by atomic mass is 10.0. The molecular formula is C19H23N3OS. The molecule has 1 aromatic carbocycles. The summed E-state index contributed by atoms with van der Waals surface area (Å²) < 4.78 is 9.62. The predicted molar refractivity (Wildman–Crippen MR) is 98.3 cm³/mol. The number of ether oxygens (including phenoxy) is 1. The molecule has 1 N–H and O–H groups in total. The number of thiophene rings is 1. The average molecular weight is 341 g/mol. The van der Waals surface area contributed by atoms with Crippen LogP contribution in [0, 0.1) is 0 Å². The summed E-state index contributed by atoms with van der Waals surface area (Å²) >= 11 is 1.87. The maximum absolute atomic E-state index is 6.08. The van der Waals surface area contributed by atoms with Crippen molar-refractivity contribution in [3.8, 4) is 0 Å². The van der Waals surface area contributed by atoms with Gasteiger partial charge in [0, 0.05) is 47.7 Å². The molecule has 126 valence electrons. The van der Waals surface area contributed by atoms with Gasteiger partial charge >= 0.3 is 0 Å². The molecule has 4 rings (SSSR count). The maximum atomic E-state index is 6.08. The molecule has 0 aliphatic carbocycles. The number of hydrogen-bond acceptors (Lipinski definition) is 4. The minimum Gasteiger partial charge on any atom is -0.369 e. The van der Waals surface area contributed by atoms with E-state index >= 15 is 0 Å². The Kier molecular flexibility index (Phi) is 4.65. The molecule has 24 heavy (non-hydrogen) atoms. The van der Waals surface area contributed by atoms with Gasteiger partial charge in [0.25, 0.3) is 0 Å². The Morgan fingerprint density at radius 3 is 3.17 bits per heavy atom. The molecule has 3 aromatic rings. The standard InChI is InChI=1S/C19H23N3OS/c1-2-22-10-9-20-19(22)18-16(7-5-11-23-18)21-13-15-12-14-6-3-4-8-17(14)24-15/h3-4,6,8-10,12,16,18,21H,2,5,7,11,13H2,1H3/t16-,18-/m0/s1. The third-order valence-electron chi connectivity index (χ3n) is 4.68. The number of fused-ring (bicyclic) bond motifs is 1. The number of rotatable bonds is 5. The Labute approximate surface area is 146 Å². The maximum Gasteiger partial charge on any atom is 0.139 e. The van der Waals surface area contributed by atoms with Crippen LogP contribution >= 0.6 is 11.3 Å². The first-order valence-electron chi connectivity index (χ1n) is 8.68. The van der Waals surface area contributed by atoms with E-state index in [0.717, 1.165) is 38.4 Å². The molecule has 1 fully saturated rings. The van der Waals surface area contributed by atoms with Gasteiger partial charge < -0.3 is 14.6 Å². The minimum absolute atomic E-state index is 0.0445. The molecule has 1 aliphatic rings. The lowest BCUT2D eigenvalue weighted by Crippen LogP contribution is -2.40. The Balaban J connectivity index is 1.49. The summed E-state index contributed by atoms with van der Waals surface area (Å²) in [5, 5.41) is 5.05. The molecule has 2 atom stereocenters. The molecule has 3 heterocycles. The first kappa shape index (κ1) is 15.8. The topological polar surface area (TPSA) is 39.1 Å². The van der Waals surface area contributed by atoms with Crippen LogP contribution in [0.3, 0.4) is 0 Å². The highest BCUT2D eigenvalue weighted by molar-refractivity contribution is 7.19. The van der Waals surface area contributed by atoms with Crippen molar-refractivity contribution in [3.63, 3.8) is 0 Å². The Bertz CT molecular complexity index is 777. The Morgan fingerprint density at radius 2 is 2.29 bits per heavy atom. The quantitative estimate of drug-likeness (QED) is 0.758. The van der Waals surface area contributed by atoms with Gasteiger partial charge in [-0.25, -0.2) is 4.98 Å². The summed E-state index contributed by atoms with van der Waals surface area (Å²) in [5.74, 6) is 1.05. The van der Waals surface area contributed by atoms with Crippen molar-refractivity contribution in [2.75, 3.05) is 6.61 Å². The predicted octanol–water partition coefficient (Wildman–Crippen LogP) is 4.13. The van der Waals surface area contributed by atoms with Crippen molar-refractivity contribution in [2.45, 2.75) is 45.0 Å². The van der Waals surface area contributed by atoms with Gasteiger partial charge in [0.05, 0.1) is 0 Å². The van der Waals surface area contributed by atoms with Crippen LogP contribution < -0.4 is 5.32 Å². The van der Waals surface area contributed by atoms with Crippen LogP contribution in [0.2, 0.25) is 0 Å². The molecule has 5 heteroatoms. The molecule has 0 spiro atoms. The Hall–Kier alpha value is -1.69. The van der Waals surface area contributed by atoms with Gasteiger partial charge in [-0.15, -0.1) is 11.3 Å². The number of nitrogens with one attached hydrogen (secondary N) is 1. The molecule has 0 unspecified atom stereocenters. The van der Waals surface area contributed by atoms with Crippen LogP contribution in [0.15, 0.2) is 42.7 Å². The fraction of sp³-hybridized carbons (Fsp3) is 0.421. The third-order valence-corrected chi connectivity index (χ3v) is 5.80. The summed E-state index contributed by atoms with van der Waals surface area (Å²) in [4.78, 5) is 5.93. The van der Waals surface area contributed by atoms with Crippen molar-refractivity contribution in [3.05, 3.63) is 53.4 Å². The number of imidazole rings is 1. The van der Waals surface area contributed by atoms with Crippen LogP contribution in [0.1, 0.15) is 36.6 Å². The van der Waals surface area contributed by atoms with Crippen molar-refractivity contribution < 1.29 is 4.74 Å². The summed E-state index contributed by atoms with van der Waals surface area (Å²) in [5.41, 5.74) is 0. The van der Waals surface area contributed by atoms with E-state index < -0.39 is 0 Å². The van der Waals surface area contributed by atoms with E-state index in [1.165, 1.54) is 15.0 Å². The van der Waals surface area contributed by atoms with Crippen molar-refractivity contribution in [1.82, 2.24) is 14.9 Å². The largest absolute Gasteiger partial charge is 0.369 e. The van der Waals surface area contributed by atoms with Crippen LogP contribution in [0.4, 0.5) is 0 Å². The van der Waals surface area contributed by atoms with Gasteiger partial charge in [0.1, 0.15) is 11.9 Å². The van der Waals surface area contributed by atoms with Crippen molar-refractivity contribution in [1.29, 1.82) is 0 Å². The monoisotopic (exact) mass is 341 g/mol. The van der Waals surface area contributed by atoms with E-state index in [-0.39, 0.29) is 6.10 Å². The van der Waals surface area contributed by atoms with Gasteiger partial charge in [0.2, 0.25) is 0 Å². The lowest BCUT2D eigenvalue weighted by Gasteiger charge is -2.32. The summed E-state index contributed by atoms with van der Waals surface area (Å²) in [6.07, 6.45) is 6.19. The molecule has 4 nitrogen and oxygen atoms in total. The van der Waals surface area contributed by atoms with Gasteiger partial charge in [-0.3, -0.25) is 0 Å². The van der Waals surface area contributed by atoms with E-state index in [0.29, 0.717) is 6.04 Å². The van der Waals surface area contributed by atoms with E-state index in [1.807, 2.05) is 23.7 Å². The zero-order valence-corrected chi connectivity index (χ0v) is 14.8. The third kappa shape index (κ3) is 3.11. The normalized spacial score (nSPS) is 21.4. The van der Waals surface area contributed by atoms with E-state index in [1.54, 1.807) is 0 Å². The Morgan fingerprint density at radius 1 is 1.38 bits per heavy atom. The van der Waals surface area contributed by atoms with Crippen molar-refractivity contribution >= 4 is 21.4 Å². The first-order valence-corrected chi connectivity index (χ1v) is 9.50. The SMILES string of the molecule is CCn1ccnc1[C@H]1OCCC[C@@H]1NCc1cc2ccccc2s1. The van der Waals surface area contributed by atoms with Gasteiger partial charge in [-0.05, 0) is 37.3 Å². The average Bonchev–Trinajstić information content (AvgIpc) is 3.26. The van der Waals surface area contributed by atoms with Gasteiger partial charge in [-0.1, -0.05) is 18.2 Å². The second kappa shape index (κ2) is 7.05. The van der Waals surface area contributed by atoms with Crippen LogP contribution in [0.5, 0.6) is 0 Å². The van der Waals surface area contributed by atoms with Gasteiger partial charge in [-0.2, -0.15) is 0 Å². The second-order valence-corrected chi connectivity index (χ2v) is 7.41. The number of aromatic nitrogens is 2. The summed E-state index contributed by atoms with van der Waals surface area (Å²) in [7, 11) is 0. The van der Waals surface area contributed by atoms with Crippen LogP contribution in [-0.2, 0) is 17.8 Å². The zero-order valence-electron chi connectivity index (χ0n) is 13.9. The highest BCUT2D eigenvalue weighted by atomic mass is 32.1. The molecular weight excluding hydrogens is 318 g/mol. The number of hydrogen-bond donors (Lipinski definition) is 1. The van der Waals surface area contributed by atoms with Crippen LogP contribution in [0.25, 0.3) is 10.1 Å². The number of nitrogens with zero attached hydrogens (tertiary/aromatic N) is 2. The van der Waals surface area contributed by atoms with Crippen molar-refractivity contribution in [2.24, 2.45) is 0 Å². The summed E-state index contributed by atoms with van der Waals surface area (Å²) in [6, 6.07) is 11.2. The molecule has 0 saturated carbocycles. The molecule has 1 saturated heterocycles. The zero-order chi connectivity index (χ0) is 16.4. The molecule has 0 radical (unpaired) electrons.